The van der Waals surface area contributed by atoms with Crippen LogP contribution in [0.5, 0.6) is 11.5 Å². The van der Waals surface area contributed by atoms with Gasteiger partial charge in [-0.25, -0.2) is 39.5 Å². The molecule has 2 amide bonds. The molecule has 2 saturated heterocycles. The van der Waals surface area contributed by atoms with Crippen molar-refractivity contribution >= 4 is 97.5 Å². The number of carbonyl (C=O) groups is 2. The van der Waals surface area contributed by atoms with Crippen LogP contribution in [0.3, 0.4) is 0 Å². The van der Waals surface area contributed by atoms with Crippen molar-refractivity contribution in [1.82, 2.24) is 14.3 Å². The zero-order chi connectivity index (χ0) is 68.8. The smallest absolute Gasteiger partial charge is 0.393 e. The number of likely N-dealkylation sites (tertiary alicyclic amines) is 1. The molecule has 0 bridgehead atoms. The van der Waals surface area contributed by atoms with Crippen molar-refractivity contribution < 1.29 is 99.5 Å². The van der Waals surface area contributed by atoms with E-state index in [0.29, 0.717) is 54.1 Å². The van der Waals surface area contributed by atoms with E-state index in [2.05, 4.69) is 44.9 Å². The number of thiophene rings is 2. The van der Waals surface area contributed by atoms with E-state index in [4.69, 9.17) is 28.4 Å². The van der Waals surface area contributed by atoms with Gasteiger partial charge in [0.05, 0.1) is 106 Å². The highest BCUT2D eigenvalue weighted by Gasteiger charge is 2.35. The van der Waals surface area contributed by atoms with Crippen molar-refractivity contribution in [3.8, 4) is 35.2 Å². The summed E-state index contributed by atoms with van der Waals surface area (Å²) < 4.78 is 223. The Balaban J connectivity index is 1.03. The summed E-state index contributed by atoms with van der Waals surface area (Å²) in [6, 6.07) is 9.63. The summed E-state index contributed by atoms with van der Waals surface area (Å²) in [5.74, 6) is 5.64. The van der Waals surface area contributed by atoms with Crippen LogP contribution < -0.4 is 40.2 Å². The van der Waals surface area contributed by atoms with E-state index < -0.39 is 103 Å². The minimum atomic E-state index is -5.11. The van der Waals surface area contributed by atoms with Crippen molar-refractivity contribution in [2.75, 3.05) is 122 Å². The lowest BCUT2D eigenvalue weighted by atomic mass is 10.0. The predicted octanol–water partition coefficient (Wildman–Crippen LogP) is 8.88. The van der Waals surface area contributed by atoms with E-state index in [-0.39, 0.29) is 131 Å². The lowest BCUT2D eigenvalue weighted by molar-refractivity contribution is -0.127. The molecule has 95 heavy (non-hydrogen) atoms. The molecule has 2 aliphatic heterocycles. The molecule has 0 radical (unpaired) electrons. The average Bonchev–Trinajstić information content (AvgIpc) is 1.67. The molecule has 0 saturated carbocycles. The van der Waals surface area contributed by atoms with Gasteiger partial charge >= 0.3 is 12.4 Å². The minimum Gasteiger partial charge on any atom is -0.489 e. The Hall–Kier alpha value is -7.31. The van der Waals surface area contributed by atoms with Gasteiger partial charge in [-0.05, 0) is 64.9 Å². The number of nitrogens with zero attached hydrogens (tertiary/aromatic N) is 1. The topological polar surface area (TPSA) is 253 Å². The number of amides is 2. The maximum absolute atomic E-state index is 16.2. The number of hydrogen-bond donors (Lipinski definition) is 7. The van der Waals surface area contributed by atoms with Gasteiger partial charge in [0, 0.05) is 91.4 Å². The van der Waals surface area contributed by atoms with Gasteiger partial charge in [-0.15, -0.1) is 22.7 Å². The van der Waals surface area contributed by atoms with Crippen molar-refractivity contribution in [1.29, 1.82) is 0 Å². The van der Waals surface area contributed by atoms with E-state index in [9.17, 15) is 57.9 Å². The van der Waals surface area contributed by atoms with Crippen LogP contribution >= 0.6 is 22.7 Å². The van der Waals surface area contributed by atoms with Gasteiger partial charge in [0.2, 0.25) is 11.8 Å². The Morgan fingerprint density at radius 1 is 0.705 bits per heavy atom. The van der Waals surface area contributed by atoms with E-state index in [1.54, 1.807) is 21.8 Å². The number of nitrogens with one attached hydrogen (secondary N) is 6. The molecule has 33 heteroatoms. The van der Waals surface area contributed by atoms with Gasteiger partial charge in [-0.2, -0.15) is 26.3 Å². The largest absolute Gasteiger partial charge is 0.489 e. The number of hydrogen-bond acceptors (Lipinski definition) is 20. The molecule has 4 aromatic carbocycles. The lowest BCUT2D eigenvalue weighted by Gasteiger charge is -2.36. The quantitative estimate of drug-likeness (QED) is 0.0138. The number of benzene rings is 4. The third-order valence-electron chi connectivity index (χ3n) is 14.7. The second kappa shape index (κ2) is 32.6. The van der Waals surface area contributed by atoms with E-state index in [1.807, 2.05) is 4.72 Å². The van der Waals surface area contributed by atoms with E-state index >= 15 is 13.2 Å². The highest BCUT2D eigenvalue weighted by Crippen LogP contribution is 2.43. The summed E-state index contributed by atoms with van der Waals surface area (Å²) in [7, 11) is -5.63. The molecule has 516 valence electrons. The first-order chi connectivity index (χ1) is 45.0. The first kappa shape index (κ1) is 73.5. The molecule has 8 rings (SSSR count). The van der Waals surface area contributed by atoms with Gasteiger partial charge in [0.1, 0.15) is 52.3 Å². The van der Waals surface area contributed by atoms with Crippen LogP contribution in [-0.4, -0.2) is 176 Å². The van der Waals surface area contributed by atoms with Crippen LogP contribution in [0.2, 0.25) is 0 Å². The third-order valence-corrected chi connectivity index (χ3v) is 19.9. The highest BCUT2D eigenvalue weighted by molar-refractivity contribution is 7.90. The SMILES string of the molecule is COCCOc1cc(S(=O)(=O)NC(C)=O)c(F)cc1NCC#Cc1sc2c(NC3CCOCC3)cc(CC(=O)NS(=O)(=O)c3cc(OCCOC)c(NCC#Cc4sc5c(NC6CCN(CC(O)COC)CC6F)cccc5c4CC(F)(F)F)cc3F)cc2c1CC(F)(F)F. The molecule has 2 fully saturated rings. The minimum absolute atomic E-state index is 0.00517. The fourth-order valence-electron chi connectivity index (χ4n) is 10.5. The summed E-state index contributed by atoms with van der Waals surface area (Å²) in [4.78, 5) is 25.2. The third kappa shape index (κ3) is 20.4. The second-order valence-electron chi connectivity index (χ2n) is 22.0. The van der Waals surface area contributed by atoms with Crippen LogP contribution in [0.15, 0.2) is 64.4 Å². The number of fused-ring (bicyclic) bond motifs is 2. The van der Waals surface area contributed by atoms with Crippen molar-refractivity contribution in [3.63, 3.8) is 0 Å². The van der Waals surface area contributed by atoms with Gasteiger partial charge in [-0.3, -0.25) is 14.5 Å². The fraction of sp³-hybridized carbons (Fsp3) is 0.452. The second-order valence-corrected chi connectivity index (χ2v) is 27.3. The molecule has 20 nitrogen and oxygen atoms in total. The van der Waals surface area contributed by atoms with Crippen LogP contribution in [0.4, 0.5) is 62.3 Å². The number of β-amino-alcohol motifs (C(OH)–C–C–N with tert-alkyl or cyclic N) is 1. The summed E-state index contributed by atoms with van der Waals surface area (Å²) in [5.41, 5.74) is 0.0280. The molecule has 2 aliphatic rings. The van der Waals surface area contributed by atoms with Crippen molar-refractivity contribution in [2.24, 2.45) is 0 Å². The number of aliphatic hydroxyl groups is 1. The molecule has 0 spiro atoms. The number of halogens is 9. The maximum Gasteiger partial charge on any atom is 0.393 e. The number of ether oxygens (including phenoxy) is 6. The Morgan fingerprint density at radius 2 is 1.25 bits per heavy atom. The molecule has 3 atom stereocenters. The zero-order valence-corrected chi connectivity index (χ0v) is 54.8. The Labute approximate surface area is 550 Å². The Kier molecular flexibility index (Phi) is 25.2. The Bertz CT molecular complexity index is 4090. The first-order valence-electron chi connectivity index (χ1n) is 29.4. The number of sulfonamides is 2. The number of rotatable bonds is 28. The molecule has 4 heterocycles. The molecular formula is C62H68F9N7O13S4. The summed E-state index contributed by atoms with van der Waals surface area (Å²) in [6.07, 6.45) is -14.0. The van der Waals surface area contributed by atoms with Crippen LogP contribution in [0.25, 0.3) is 20.2 Å². The zero-order valence-electron chi connectivity index (χ0n) is 51.6. The van der Waals surface area contributed by atoms with E-state index in [0.717, 1.165) is 53.9 Å². The Morgan fingerprint density at radius 3 is 1.78 bits per heavy atom. The number of methoxy groups -OCH3 is 3. The summed E-state index contributed by atoms with van der Waals surface area (Å²) in [5, 5.41) is 22.5. The van der Waals surface area contributed by atoms with Crippen LogP contribution in [0, 0.1) is 35.3 Å². The number of anilines is 4. The molecule has 2 aromatic heterocycles. The maximum atomic E-state index is 16.2. The number of alkyl halides is 7. The molecular weight excluding hydrogens is 1350 g/mol. The van der Waals surface area contributed by atoms with E-state index in [1.165, 1.54) is 39.5 Å². The van der Waals surface area contributed by atoms with Crippen molar-refractivity contribution in [3.05, 3.63) is 92.7 Å². The summed E-state index contributed by atoms with van der Waals surface area (Å²) >= 11 is 1.85. The van der Waals surface area contributed by atoms with Gasteiger partial charge < -0.3 is 54.8 Å². The molecule has 7 N–H and O–H groups in total. The predicted molar refractivity (Wildman–Crippen MR) is 340 cm³/mol. The lowest BCUT2D eigenvalue weighted by Crippen LogP contribution is -2.50. The number of aliphatic hydroxyl groups excluding tert-OH is 1. The molecule has 6 aromatic rings. The van der Waals surface area contributed by atoms with Crippen LogP contribution in [-0.2, 0) is 67.8 Å². The number of carbonyl (C=O) groups excluding carboxylic acids is 2. The molecule has 3 unspecified atom stereocenters. The summed E-state index contributed by atoms with van der Waals surface area (Å²) in [6.45, 7) is 1.28. The monoisotopic (exact) mass is 1420 g/mol. The average molecular weight is 1420 g/mol. The first-order valence-corrected chi connectivity index (χ1v) is 34.0. The normalized spacial score (nSPS) is 16.1. The number of piperidine rings is 1. The van der Waals surface area contributed by atoms with Gasteiger partial charge in [0.25, 0.3) is 20.0 Å². The fourth-order valence-corrected chi connectivity index (χ4v) is 15.0. The highest BCUT2D eigenvalue weighted by atomic mass is 32.2. The standard InChI is InChI=1S/C62H68F9N7O13S4/c1-36(79)76-94(82,83)56-29-52(90-22-20-86-2)49(27-44(56)63)73-16-7-11-55-43(32-62(69,70)71)41-24-37(25-51(60(41)93-55)74-38-13-18-89-19-14-38)26-58(81)77-95(84,85)57-30-53(91-23-21-87-3)50(28-45(57)64)72-15-6-10-54-42(31-61(66,67)68)40-8-5-9-48(59(40)92-54)75-47-12-17-78(34-46(47)65)33-39(80)35-88-4/h5,8-9,24-25,27-30,38-39,46-47,72-75,80H,12-23,26,31-35H2,1-4H3,(H,76,79)(H,77,81). The molecule has 0 aliphatic carbocycles. The van der Waals surface area contributed by atoms with Gasteiger partial charge in [-0.1, -0.05) is 35.8 Å². The van der Waals surface area contributed by atoms with Crippen molar-refractivity contribution in [2.45, 2.75) is 92.0 Å². The van der Waals surface area contributed by atoms with Gasteiger partial charge in [0.15, 0.2) is 0 Å². The van der Waals surface area contributed by atoms with Crippen LogP contribution in [0.1, 0.15) is 52.6 Å².